The van der Waals surface area contributed by atoms with Crippen molar-refractivity contribution >= 4 is 17.5 Å². The van der Waals surface area contributed by atoms with Crippen molar-refractivity contribution in [1.82, 2.24) is 14.5 Å². The van der Waals surface area contributed by atoms with Gasteiger partial charge in [0.05, 0.1) is 6.20 Å². The number of aryl methyl sites for hydroxylation is 2. The Bertz CT molecular complexity index is 634. The molecule has 0 aliphatic heterocycles. The predicted octanol–water partition coefficient (Wildman–Crippen LogP) is 0.215. The summed E-state index contributed by atoms with van der Waals surface area (Å²) >= 11 is 0. The lowest BCUT2D eigenvalue weighted by Gasteiger charge is -2.08. The third-order valence-corrected chi connectivity index (χ3v) is 2.38. The van der Waals surface area contributed by atoms with Gasteiger partial charge in [0, 0.05) is 12.6 Å². The summed E-state index contributed by atoms with van der Waals surface area (Å²) in [6.45, 7) is 1.74. The molecule has 0 bridgehead atoms. The van der Waals surface area contributed by atoms with Crippen LogP contribution in [0.3, 0.4) is 0 Å². The quantitative estimate of drug-likeness (QED) is 0.709. The van der Waals surface area contributed by atoms with Crippen molar-refractivity contribution < 1.29 is 9.53 Å². The van der Waals surface area contributed by atoms with Gasteiger partial charge in [-0.2, -0.15) is 4.98 Å². The number of aromatic nitrogens is 3. The minimum Gasteiger partial charge on any atom is -0.470 e. The molecule has 0 unspecified atom stereocenters. The van der Waals surface area contributed by atoms with Gasteiger partial charge >= 0.3 is 0 Å². The number of nitrogens with zero attached hydrogens (tertiary/aromatic N) is 3. The van der Waals surface area contributed by atoms with Crippen LogP contribution in [0.5, 0.6) is 5.88 Å². The van der Waals surface area contributed by atoms with Crippen molar-refractivity contribution in [2.75, 3.05) is 6.61 Å². The molecule has 0 N–H and O–H groups in total. The van der Waals surface area contributed by atoms with Crippen LogP contribution in [0, 0.1) is 6.92 Å². The molecule has 2 aromatic rings. The standard InChI is InChI=1S/C11H11N3O3/c1-7-5-8-10(13-11(7)17-4-3-15)14(2)9(16)6-12-8/h3,5-6H,4H2,1-2H3. The van der Waals surface area contributed by atoms with Crippen molar-refractivity contribution in [1.29, 1.82) is 0 Å². The fourth-order valence-corrected chi connectivity index (χ4v) is 1.49. The maximum atomic E-state index is 11.4. The molecule has 6 heteroatoms. The van der Waals surface area contributed by atoms with Crippen LogP contribution in [-0.2, 0) is 11.8 Å². The number of hydrogen-bond donors (Lipinski definition) is 0. The van der Waals surface area contributed by atoms with Gasteiger partial charge in [0.1, 0.15) is 12.1 Å². The molecule has 2 rings (SSSR count). The number of aldehydes is 1. The first-order valence-corrected chi connectivity index (χ1v) is 5.03. The Morgan fingerprint density at radius 1 is 1.53 bits per heavy atom. The Kier molecular flexibility index (Phi) is 2.86. The summed E-state index contributed by atoms with van der Waals surface area (Å²) in [5.74, 6) is 0.340. The molecule has 2 heterocycles. The lowest BCUT2D eigenvalue weighted by molar-refractivity contribution is -0.109. The Balaban J connectivity index is 2.64. The number of rotatable bonds is 3. The first-order chi connectivity index (χ1) is 8.13. The number of carbonyl (C=O) groups is 1. The van der Waals surface area contributed by atoms with E-state index in [4.69, 9.17) is 4.74 Å². The smallest absolute Gasteiger partial charge is 0.270 e. The van der Waals surface area contributed by atoms with Gasteiger partial charge < -0.3 is 4.74 Å². The highest BCUT2D eigenvalue weighted by Gasteiger charge is 2.08. The van der Waals surface area contributed by atoms with Crippen molar-refractivity contribution in [2.24, 2.45) is 7.05 Å². The zero-order valence-electron chi connectivity index (χ0n) is 9.51. The molecule has 0 spiro atoms. The van der Waals surface area contributed by atoms with Crippen molar-refractivity contribution in [3.05, 3.63) is 28.2 Å². The van der Waals surface area contributed by atoms with E-state index in [9.17, 15) is 9.59 Å². The maximum absolute atomic E-state index is 11.4. The number of hydrogen-bond acceptors (Lipinski definition) is 5. The highest BCUT2D eigenvalue weighted by molar-refractivity contribution is 5.72. The third kappa shape index (κ3) is 2.01. The van der Waals surface area contributed by atoms with Crippen LogP contribution < -0.4 is 10.3 Å². The SMILES string of the molecule is Cc1cc2ncc(=O)n(C)c2nc1OCC=O. The summed E-state index contributed by atoms with van der Waals surface area (Å²) in [6.07, 6.45) is 1.89. The van der Waals surface area contributed by atoms with Crippen LogP contribution >= 0.6 is 0 Å². The van der Waals surface area contributed by atoms with Crippen LogP contribution in [0.15, 0.2) is 17.1 Å². The lowest BCUT2D eigenvalue weighted by atomic mass is 10.3. The Labute approximate surface area is 96.9 Å². The number of carbonyl (C=O) groups excluding carboxylic acids is 1. The minimum absolute atomic E-state index is 0.0619. The second-order valence-electron chi connectivity index (χ2n) is 3.59. The molecule has 88 valence electrons. The number of pyridine rings is 1. The maximum Gasteiger partial charge on any atom is 0.270 e. The molecular formula is C11H11N3O3. The lowest BCUT2D eigenvalue weighted by Crippen LogP contribution is -2.18. The van der Waals surface area contributed by atoms with Gasteiger partial charge in [0.2, 0.25) is 5.88 Å². The number of ether oxygens (including phenoxy) is 1. The molecule has 0 saturated carbocycles. The molecule has 2 aromatic heterocycles. The van der Waals surface area contributed by atoms with Gasteiger partial charge in [-0.1, -0.05) is 0 Å². The fourth-order valence-electron chi connectivity index (χ4n) is 1.49. The van der Waals surface area contributed by atoms with Crippen LogP contribution in [0.2, 0.25) is 0 Å². The monoisotopic (exact) mass is 233 g/mol. The summed E-state index contributed by atoms with van der Waals surface area (Å²) < 4.78 is 6.55. The van der Waals surface area contributed by atoms with E-state index in [-0.39, 0.29) is 12.2 Å². The molecule has 0 aliphatic rings. The molecule has 0 radical (unpaired) electrons. The van der Waals surface area contributed by atoms with E-state index >= 15 is 0 Å². The summed E-state index contributed by atoms with van der Waals surface area (Å²) in [4.78, 5) is 29.9. The van der Waals surface area contributed by atoms with E-state index < -0.39 is 0 Å². The first-order valence-electron chi connectivity index (χ1n) is 5.03. The molecule has 0 amide bonds. The van der Waals surface area contributed by atoms with E-state index in [0.29, 0.717) is 23.3 Å². The van der Waals surface area contributed by atoms with Gasteiger partial charge in [0.15, 0.2) is 11.9 Å². The number of fused-ring (bicyclic) bond motifs is 1. The first kappa shape index (κ1) is 11.3. The molecule has 0 aromatic carbocycles. The molecule has 0 fully saturated rings. The second kappa shape index (κ2) is 4.32. The average molecular weight is 233 g/mol. The highest BCUT2D eigenvalue weighted by Crippen LogP contribution is 2.18. The third-order valence-electron chi connectivity index (χ3n) is 2.38. The van der Waals surface area contributed by atoms with Gasteiger partial charge in [-0.25, -0.2) is 4.98 Å². The van der Waals surface area contributed by atoms with Gasteiger partial charge in [-0.05, 0) is 13.0 Å². The molecule has 17 heavy (non-hydrogen) atoms. The molecule has 6 nitrogen and oxygen atoms in total. The largest absolute Gasteiger partial charge is 0.470 e. The van der Waals surface area contributed by atoms with Crippen molar-refractivity contribution in [3.63, 3.8) is 0 Å². The molecule has 0 aliphatic carbocycles. The summed E-state index contributed by atoms with van der Waals surface area (Å²) in [6, 6.07) is 1.77. The van der Waals surface area contributed by atoms with Crippen molar-refractivity contribution in [3.8, 4) is 5.88 Å². The Morgan fingerprint density at radius 2 is 2.29 bits per heavy atom. The van der Waals surface area contributed by atoms with E-state index in [1.807, 2.05) is 0 Å². The second-order valence-corrected chi connectivity index (χ2v) is 3.59. The zero-order chi connectivity index (χ0) is 12.4. The summed E-state index contributed by atoms with van der Waals surface area (Å²) in [7, 11) is 1.61. The Morgan fingerprint density at radius 3 is 3.00 bits per heavy atom. The zero-order valence-corrected chi connectivity index (χ0v) is 9.51. The average Bonchev–Trinajstić information content (AvgIpc) is 2.32. The van der Waals surface area contributed by atoms with Gasteiger partial charge in [0.25, 0.3) is 5.56 Å². The van der Waals surface area contributed by atoms with Crippen LogP contribution in [0.4, 0.5) is 0 Å². The van der Waals surface area contributed by atoms with E-state index in [2.05, 4.69) is 9.97 Å². The molecular weight excluding hydrogens is 222 g/mol. The molecule has 0 atom stereocenters. The fraction of sp³-hybridized carbons (Fsp3) is 0.273. The highest BCUT2D eigenvalue weighted by atomic mass is 16.5. The van der Waals surface area contributed by atoms with Crippen LogP contribution in [0.1, 0.15) is 5.56 Å². The van der Waals surface area contributed by atoms with Crippen LogP contribution in [-0.4, -0.2) is 27.4 Å². The van der Waals surface area contributed by atoms with E-state index in [1.165, 1.54) is 10.8 Å². The van der Waals surface area contributed by atoms with Gasteiger partial charge in [-0.15, -0.1) is 0 Å². The minimum atomic E-state index is -0.241. The molecule has 0 saturated heterocycles. The normalized spacial score (nSPS) is 10.5. The van der Waals surface area contributed by atoms with E-state index in [0.717, 1.165) is 5.56 Å². The topological polar surface area (TPSA) is 74.1 Å². The Hall–Kier alpha value is -2.24. The summed E-state index contributed by atoms with van der Waals surface area (Å²) in [5, 5.41) is 0. The van der Waals surface area contributed by atoms with Crippen LogP contribution in [0.25, 0.3) is 11.2 Å². The van der Waals surface area contributed by atoms with E-state index in [1.54, 1.807) is 20.0 Å². The predicted molar refractivity (Wildman–Crippen MR) is 61.1 cm³/mol. The van der Waals surface area contributed by atoms with Crippen molar-refractivity contribution in [2.45, 2.75) is 6.92 Å². The van der Waals surface area contributed by atoms with Gasteiger partial charge in [-0.3, -0.25) is 14.2 Å². The summed E-state index contributed by atoms with van der Waals surface area (Å²) in [5.41, 5.74) is 1.58.